The van der Waals surface area contributed by atoms with Crippen LogP contribution in [0.25, 0.3) is 0 Å². The number of rotatable bonds is 3. The quantitative estimate of drug-likeness (QED) is 0.901. The van der Waals surface area contributed by atoms with Crippen molar-refractivity contribution >= 4 is 11.6 Å². The summed E-state index contributed by atoms with van der Waals surface area (Å²) < 4.78 is 38.5. The molecule has 0 unspecified atom stereocenters. The zero-order valence-corrected chi connectivity index (χ0v) is 11.5. The number of hydrogen-bond donors (Lipinski definition) is 2. The molecule has 3 nitrogen and oxygen atoms in total. The Kier molecular flexibility index (Phi) is 4.78. The molecule has 0 aromatic heterocycles. The lowest BCUT2D eigenvalue weighted by Gasteiger charge is -2.36. The third kappa shape index (κ3) is 4.01. The largest absolute Gasteiger partial charge is 0.508 e. The van der Waals surface area contributed by atoms with E-state index >= 15 is 0 Å². The SMILES string of the molecule is Oc1ccc(Cl)cc1[C@@H](CC(F)(F)F)N1CCNCC1. The van der Waals surface area contributed by atoms with Gasteiger partial charge in [0.1, 0.15) is 5.75 Å². The van der Waals surface area contributed by atoms with Gasteiger partial charge in [0.25, 0.3) is 0 Å². The van der Waals surface area contributed by atoms with Gasteiger partial charge in [-0.15, -0.1) is 0 Å². The predicted molar refractivity (Wildman–Crippen MR) is 71.0 cm³/mol. The van der Waals surface area contributed by atoms with Crippen molar-refractivity contribution in [2.75, 3.05) is 26.2 Å². The van der Waals surface area contributed by atoms with E-state index in [0.717, 1.165) is 0 Å². The minimum Gasteiger partial charge on any atom is -0.508 e. The van der Waals surface area contributed by atoms with Crippen LogP contribution < -0.4 is 5.32 Å². The highest BCUT2D eigenvalue weighted by atomic mass is 35.5. The van der Waals surface area contributed by atoms with E-state index in [1.807, 2.05) is 0 Å². The monoisotopic (exact) mass is 308 g/mol. The van der Waals surface area contributed by atoms with Gasteiger partial charge in [-0.3, -0.25) is 4.90 Å². The molecule has 0 radical (unpaired) electrons. The van der Waals surface area contributed by atoms with Crippen LogP contribution in [0, 0.1) is 0 Å². The molecule has 1 atom stereocenters. The summed E-state index contributed by atoms with van der Waals surface area (Å²) in [5.74, 6) is -0.151. The molecule has 1 saturated heterocycles. The maximum atomic E-state index is 12.8. The van der Waals surface area contributed by atoms with Crippen LogP contribution in [-0.2, 0) is 0 Å². The molecule has 0 bridgehead atoms. The molecule has 1 aromatic carbocycles. The van der Waals surface area contributed by atoms with Gasteiger partial charge < -0.3 is 10.4 Å². The van der Waals surface area contributed by atoms with Crippen LogP contribution in [0.15, 0.2) is 18.2 Å². The first kappa shape index (κ1) is 15.4. The Labute approximate surface area is 120 Å². The van der Waals surface area contributed by atoms with Gasteiger partial charge >= 0.3 is 6.18 Å². The van der Waals surface area contributed by atoms with Crippen LogP contribution in [0.2, 0.25) is 5.02 Å². The van der Waals surface area contributed by atoms with Crippen molar-refractivity contribution < 1.29 is 18.3 Å². The Hall–Kier alpha value is -0.980. The van der Waals surface area contributed by atoms with Crippen molar-refractivity contribution in [1.82, 2.24) is 10.2 Å². The molecule has 20 heavy (non-hydrogen) atoms. The minimum atomic E-state index is -4.30. The van der Waals surface area contributed by atoms with Crippen LogP contribution in [0.3, 0.4) is 0 Å². The molecular weight excluding hydrogens is 293 g/mol. The molecule has 7 heteroatoms. The Balaban J connectivity index is 2.31. The van der Waals surface area contributed by atoms with E-state index < -0.39 is 18.6 Å². The van der Waals surface area contributed by atoms with Crippen molar-refractivity contribution in [1.29, 1.82) is 0 Å². The first-order valence-corrected chi connectivity index (χ1v) is 6.74. The highest BCUT2D eigenvalue weighted by Gasteiger charge is 2.37. The number of nitrogens with zero attached hydrogens (tertiary/aromatic N) is 1. The Morgan fingerprint density at radius 1 is 1.30 bits per heavy atom. The molecule has 1 aromatic rings. The summed E-state index contributed by atoms with van der Waals surface area (Å²) in [4.78, 5) is 1.73. The van der Waals surface area contributed by atoms with E-state index in [-0.39, 0.29) is 11.3 Å². The minimum absolute atomic E-state index is 0.151. The molecule has 1 aliphatic rings. The Morgan fingerprint density at radius 2 is 1.95 bits per heavy atom. The van der Waals surface area contributed by atoms with Gasteiger partial charge in [0.2, 0.25) is 0 Å². The fraction of sp³-hybridized carbons (Fsp3) is 0.538. The molecule has 1 aliphatic heterocycles. The second kappa shape index (κ2) is 6.20. The Morgan fingerprint density at radius 3 is 2.55 bits per heavy atom. The lowest BCUT2D eigenvalue weighted by Crippen LogP contribution is -2.46. The fourth-order valence-electron chi connectivity index (χ4n) is 2.44. The third-order valence-electron chi connectivity index (χ3n) is 3.37. The molecule has 1 fully saturated rings. The van der Waals surface area contributed by atoms with Crippen LogP contribution in [-0.4, -0.2) is 42.4 Å². The number of piperazine rings is 1. The number of nitrogens with one attached hydrogen (secondary N) is 1. The van der Waals surface area contributed by atoms with Crippen molar-refractivity contribution in [3.05, 3.63) is 28.8 Å². The van der Waals surface area contributed by atoms with Gasteiger partial charge in [0.05, 0.1) is 6.42 Å². The molecule has 112 valence electrons. The van der Waals surface area contributed by atoms with Crippen molar-refractivity contribution in [3.8, 4) is 5.75 Å². The standard InChI is InChI=1S/C13H16ClF3N2O/c14-9-1-2-12(20)10(7-9)11(8-13(15,16)17)19-5-3-18-4-6-19/h1-2,7,11,18,20H,3-6,8H2/t11-/m1/s1. The van der Waals surface area contributed by atoms with Crippen LogP contribution >= 0.6 is 11.6 Å². The van der Waals surface area contributed by atoms with Crippen molar-refractivity contribution in [2.24, 2.45) is 0 Å². The summed E-state index contributed by atoms with van der Waals surface area (Å²) >= 11 is 5.85. The van der Waals surface area contributed by atoms with E-state index in [0.29, 0.717) is 31.2 Å². The topological polar surface area (TPSA) is 35.5 Å². The zero-order chi connectivity index (χ0) is 14.8. The lowest BCUT2D eigenvalue weighted by atomic mass is 10.00. The first-order chi connectivity index (χ1) is 9.37. The smallest absolute Gasteiger partial charge is 0.390 e. The van der Waals surface area contributed by atoms with Crippen molar-refractivity contribution in [3.63, 3.8) is 0 Å². The average molecular weight is 309 g/mol. The van der Waals surface area contributed by atoms with Gasteiger partial charge in [0.15, 0.2) is 0 Å². The lowest BCUT2D eigenvalue weighted by molar-refractivity contribution is -0.148. The number of hydrogen-bond acceptors (Lipinski definition) is 3. The number of aromatic hydroxyl groups is 1. The van der Waals surface area contributed by atoms with Crippen LogP contribution in [0.4, 0.5) is 13.2 Å². The summed E-state index contributed by atoms with van der Waals surface area (Å²) in [6.07, 6.45) is -5.30. The van der Waals surface area contributed by atoms with Gasteiger partial charge in [-0.25, -0.2) is 0 Å². The number of benzene rings is 1. The number of phenolic OH excluding ortho intramolecular Hbond substituents is 1. The van der Waals surface area contributed by atoms with Crippen molar-refractivity contribution in [2.45, 2.75) is 18.6 Å². The highest BCUT2D eigenvalue weighted by Crippen LogP contribution is 2.38. The molecule has 2 rings (SSSR count). The molecule has 2 N–H and O–H groups in total. The summed E-state index contributed by atoms with van der Waals surface area (Å²) in [5.41, 5.74) is 0.233. The van der Waals surface area contributed by atoms with Gasteiger partial charge in [0, 0.05) is 42.8 Å². The number of alkyl halides is 3. The molecule has 0 spiro atoms. The van der Waals surface area contributed by atoms with E-state index in [4.69, 9.17) is 11.6 Å². The third-order valence-corrected chi connectivity index (χ3v) is 3.60. The molecule has 1 heterocycles. The van der Waals surface area contributed by atoms with E-state index in [9.17, 15) is 18.3 Å². The maximum absolute atomic E-state index is 12.8. The Bertz CT molecular complexity index is 461. The van der Waals surface area contributed by atoms with Gasteiger partial charge in [-0.2, -0.15) is 13.2 Å². The number of halogens is 4. The second-order valence-electron chi connectivity index (χ2n) is 4.82. The van der Waals surface area contributed by atoms with Gasteiger partial charge in [-0.05, 0) is 18.2 Å². The normalized spacial score (nSPS) is 19.0. The summed E-state index contributed by atoms with van der Waals surface area (Å²) in [6.45, 7) is 2.28. The summed E-state index contributed by atoms with van der Waals surface area (Å²) in [6, 6.07) is 3.30. The first-order valence-electron chi connectivity index (χ1n) is 6.37. The predicted octanol–water partition coefficient (Wildman–Crippen LogP) is 2.94. The molecule has 0 saturated carbocycles. The molecule has 0 aliphatic carbocycles. The maximum Gasteiger partial charge on any atom is 0.390 e. The summed E-state index contributed by atoms with van der Waals surface area (Å²) in [5, 5.41) is 13.3. The zero-order valence-electron chi connectivity index (χ0n) is 10.8. The van der Waals surface area contributed by atoms with Gasteiger partial charge in [-0.1, -0.05) is 11.6 Å². The van der Waals surface area contributed by atoms with E-state index in [2.05, 4.69) is 5.32 Å². The second-order valence-corrected chi connectivity index (χ2v) is 5.26. The van der Waals surface area contributed by atoms with E-state index in [1.54, 1.807) is 4.90 Å². The highest BCUT2D eigenvalue weighted by molar-refractivity contribution is 6.30. The van der Waals surface area contributed by atoms with Crippen LogP contribution in [0.5, 0.6) is 5.75 Å². The number of phenols is 1. The van der Waals surface area contributed by atoms with E-state index in [1.165, 1.54) is 18.2 Å². The summed E-state index contributed by atoms with van der Waals surface area (Å²) in [7, 11) is 0. The fourth-order valence-corrected chi connectivity index (χ4v) is 2.62. The average Bonchev–Trinajstić information content (AvgIpc) is 2.39. The molecular formula is C13H16ClF3N2O. The molecule has 0 amide bonds. The van der Waals surface area contributed by atoms with Crippen LogP contribution in [0.1, 0.15) is 18.0 Å².